The minimum atomic E-state index is 0. The molecule has 0 heterocycles. The molecule has 3 aromatic rings. The van der Waals surface area contributed by atoms with Crippen LogP contribution in [0, 0.1) is 6.92 Å². The Labute approximate surface area is 161 Å². The summed E-state index contributed by atoms with van der Waals surface area (Å²) in [4.78, 5) is 0. The highest BCUT2D eigenvalue weighted by atomic mass is 35.5. The summed E-state index contributed by atoms with van der Waals surface area (Å²) in [6, 6.07) is 24.5. The first-order valence-corrected chi connectivity index (χ1v) is 8.47. The lowest BCUT2D eigenvalue weighted by Gasteiger charge is -2.15. The fourth-order valence-corrected chi connectivity index (χ4v) is 2.71. The molecule has 2 N–H and O–H groups in total. The quantitative estimate of drug-likeness (QED) is 0.637. The highest BCUT2D eigenvalue weighted by Gasteiger charge is 2.10. The Balaban J connectivity index is 0.00000243. The predicted molar refractivity (Wildman–Crippen MR) is 109 cm³/mol. The van der Waals surface area contributed by atoms with E-state index in [4.69, 9.17) is 15.2 Å². The third kappa shape index (κ3) is 5.01. The van der Waals surface area contributed by atoms with Gasteiger partial charge in [-0.25, -0.2) is 0 Å². The molecule has 0 aliphatic carbocycles. The molecule has 0 spiro atoms. The molecule has 0 aliphatic rings. The molecule has 0 aromatic heterocycles. The van der Waals surface area contributed by atoms with Gasteiger partial charge in [0.25, 0.3) is 0 Å². The van der Waals surface area contributed by atoms with E-state index in [1.807, 2.05) is 54.6 Å². The Morgan fingerprint density at radius 2 is 1.54 bits per heavy atom. The zero-order valence-electron chi connectivity index (χ0n) is 14.9. The number of halogens is 1. The number of hydrogen-bond acceptors (Lipinski definition) is 3. The van der Waals surface area contributed by atoms with Gasteiger partial charge in [-0.1, -0.05) is 60.7 Å². The SMILES string of the molecule is Cc1ccccc1-c1ccc(OCCN)c(OCc2ccccc2)c1.Cl. The van der Waals surface area contributed by atoms with Crippen LogP contribution in [0.1, 0.15) is 11.1 Å². The molecule has 3 aromatic carbocycles. The Morgan fingerprint density at radius 3 is 2.27 bits per heavy atom. The number of aryl methyl sites for hydroxylation is 1. The van der Waals surface area contributed by atoms with Crippen LogP contribution in [0.3, 0.4) is 0 Å². The Bertz CT molecular complexity index is 821. The molecule has 3 rings (SSSR count). The maximum Gasteiger partial charge on any atom is 0.162 e. The number of benzene rings is 3. The number of rotatable bonds is 7. The van der Waals surface area contributed by atoms with Crippen LogP contribution in [-0.4, -0.2) is 13.2 Å². The minimum Gasteiger partial charge on any atom is -0.488 e. The normalized spacial score (nSPS) is 10.1. The molecule has 0 unspecified atom stereocenters. The third-order valence-electron chi connectivity index (χ3n) is 4.01. The average molecular weight is 370 g/mol. The lowest BCUT2D eigenvalue weighted by Crippen LogP contribution is -2.11. The van der Waals surface area contributed by atoms with E-state index in [9.17, 15) is 0 Å². The van der Waals surface area contributed by atoms with Crippen molar-refractivity contribution in [3.05, 3.63) is 83.9 Å². The first kappa shape index (κ1) is 19.8. The maximum atomic E-state index is 6.06. The van der Waals surface area contributed by atoms with Crippen LogP contribution >= 0.6 is 12.4 Å². The van der Waals surface area contributed by atoms with Crippen LogP contribution in [0.25, 0.3) is 11.1 Å². The van der Waals surface area contributed by atoms with E-state index in [0.29, 0.717) is 19.8 Å². The molecule has 3 nitrogen and oxygen atoms in total. The summed E-state index contributed by atoms with van der Waals surface area (Å²) >= 11 is 0. The highest BCUT2D eigenvalue weighted by molar-refractivity contribution is 5.85. The first-order valence-electron chi connectivity index (χ1n) is 8.47. The topological polar surface area (TPSA) is 44.5 Å². The second-order valence-electron chi connectivity index (χ2n) is 5.89. The molecule has 0 bridgehead atoms. The fourth-order valence-electron chi connectivity index (χ4n) is 2.71. The molecule has 0 fully saturated rings. The number of nitrogens with two attached hydrogens (primary N) is 1. The molecule has 0 saturated heterocycles. The van der Waals surface area contributed by atoms with Gasteiger partial charge >= 0.3 is 0 Å². The van der Waals surface area contributed by atoms with Crippen molar-refractivity contribution in [1.82, 2.24) is 0 Å². The van der Waals surface area contributed by atoms with Gasteiger partial charge in [0.05, 0.1) is 0 Å². The molecule has 0 aliphatic heterocycles. The van der Waals surface area contributed by atoms with Gasteiger partial charge in [0.1, 0.15) is 13.2 Å². The molecule has 4 heteroatoms. The van der Waals surface area contributed by atoms with Gasteiger partial charge in [-0.3, -0.25) is 0 Å². The summed E-state index contributed by atoms with van der Waals surface area (Å²) in [6.07, 6.45) is 0. The second kappa shape index (κ2) is 9.85. The van der Waals surface area contributed by atoms with E-state index in [-0.39, 0.29) is 12.4 Å². The summed E-state index contributed by atoms with van der Waals surface area (Å²) in [7, 11) is 0. The van der Waals surface area contributed by atoms with Gasteiger partial charge in [0.15, 0.2) is 11.5 Å². The van der Waals surface area contributed by atoms with E-state index in [2.05, 4.69) is 25.1 Å². The lowest BCUT2D eigenvalue weighted by molar-refractivity contribution is 0.266. The Morgan fingerprint density at radius 1 is 0.808 bits per heavy atom. The standard InChI is InChI=1S/C22H23NO2.ClH/c1-17-7-5-6-10-20(17)19-11-12-21(24-14-13-23)22(15-19)25-16-18-8-3-2-4-9-18;/h2-12,15H,13-14,16,23H2,1H3;1H. The van der Waals surface area contributed by atoms with E-state index >= 15 is 0 Å². The fraction of sp³-hybridized carbons (Fsp3) is 0.182. The maximum absolute atomic E-state index is 6.06. The molecule has 0 radical (unpaired) electrons. The molecular formula is C22H24ClNO2. The van der Waals surface area contributed by atoms with Crippen molar-refractivity contribution >= 4 is 12.4 Å². The lowest BCUT2D eigenvalue weighted by atomic mass is 10.0. The first-order chi connectivity index (χ1) is 12.3. The van der Waals surface area contributed by atoms with Crippen LogP contribution in [0.2, 0.25) is 0 Å². The van der Waals surface area contributed by atoms with Gasteiger partial charge in [-0.2, -0.15) is 0 Å². The monoisotopic (exact) mass is 369 g/mol. The molecule has 0 atom stereocenters. The van der Waals surface area contributed by atoms with E-state index < -0.39 is 0 Å². The summed E-state index contributed by atoms with van der Waals surface area (Å²) in [5.74, 6) is 1.46. The molecule has 26 heavy (non-hydrogen) atoms. The van der Waals surface area contributed by atoms with Gasteiger partial charge in [0, 0.05) is 6.54 Å². The van der Waals surface area contributed by atoms with Crippen LogP contribution < -0.4 is 15.2 Å². The zero-order chi connectivity index (χ0) is 17.5. The highest BCUT2D eigenvalue weighted by Crippen LogP contribution is 2.34. The van der Waals surface area contributed by atoms with Crippen LogP contribution in [0.5, 0.6) is 11.5 Å². The number of ether oxygens (including phenoxy) is 2. The van der Waals surface area contributed by atoms with Gasteiger partial charge in [-0.05, 0) is 41.3 Å². The molecule has 136 valence electrons. The summed E-state index contributed by atoms with van der Waals surface area (Å²) in [6.45, 7) is 3.54. The van der Waals surface area contributed by atoms with Crippen LogP contribution in [-0.2, 0) is 6.61 Å². The number of hydrogen-bond donors (Lipinski definition) is 1. The summed E-state index contributed by atoms with van der Waals surface area (Å²) < 4.78 is 11.8. The van der Waals surface area contributed by atoms with Crippen molar-refractivity contribution < 1.29 is 9.47 Å². The van der Waals surface area contributed by atoms with Crippen molar-refractivity contribution in [1.29, 1.82) is 0 Å². The Kier molecular flexibility index (Phi) is 7.52. The summed E-state index contributed by atoms with van der Waals surface area (Å²) in [5, 5.41) is 0. The zero-order valence-corrected chi connectivity index (χ0v) is 15.7. The van der Waals surface area contributed by atoms with Crippen molar-refractivity contribution in [2.75, 3.05) is 13.2 Å². The van der Waals surface area contributed by atoms with E-state index in [1.165, 1.54) is 11.1 Å². The van der Waals surface area contributed by atoms with Crippen molar-refractivity contribution in [2.45, 2.75) is 13.5 Å². The van der Waals surface area contributed by atoms with Crippen molar-refractivity contribution in [2.24, 2.45) is 5.73 Å². The van der Waals surface area contributed by atoms with Gasteiger partial charge < -0.3 is 15.2 Å². The third-order valence-corrected chi connectivity index (χ3v) is 4.01. The van der Waals surface area contributed by atoms with Crippen molar-refractivity contribution in [3.8, 4) is 22.6 Å². The van der Waals surface area contributed by atoms with Crippen LogP contribution in [0.15, 0.2) is 72.8 Å². The smallest absolute Gasteiger partial charge is 0.162 e. The largest absolute Gasteiger partial charge is 0.488 e. The molecule has 0 amide bonds. The summed E-state index contributed by atoms with van der Waals surface area (Å²) in [5.41, 5.74) is 10.2. The minimum absolute atomic E-state index is 0. The van der Waals surface area contributed by atoms with Crippen molar-refractivity contribution in [3.63, 3.8) is 0 Å². The molecular weight excluding hydrogens is 346 g/mol. The van der Waals surface area contributed by atoms with Crippen LogP contribution in [0.4, 0.5) is 0 Å². The Hall–Kier alpha value is -2.49. The average Bonchev–Trinajstić information content (AvgIpc) is 2.66. The van der Waals surface area contributed by atoms with Gasteiger partial charge in [0.2, 0.25) is 0 Å². The van der Waals surface area contributed by atoms with Gasteiger partial charge in [-0.15, -0.1) is 12.4 Å². The van der Waals surface area contributed by atoms with E-state index in [0.717, 1.165) is 22.6 Å². The molecule has 0 saturated carbocycles. The van der Waals surface area contributed by atoms with E-state index in [1.54, 1.807) is 0 Å². The predicted octanol–water partition coefficient (Wildman–Crippen LogP) is 5.00. The second-order valence-corrected chi connectivity index (χ2v) is 5.89.